The van der Waals surface area contributed by atoms with Crippen molar-refractivity contribution in [3.63, 3.8) is 0 Å². The van der Waals surface area contributed by atoms with Crippen LogP contribution in [0.2, 0.25) is 10.0 Å². The van der Waals surface area contributed by atoms with Crippen LogP contribution >= 0.6 is 23.2 Å². The fraction of sp³-hybridized carbons (Fsp3) is 0. The lowest BCUT2D eigenvalue weighted by molar-refractivity contribution is 0.0696. The summed E-state index contributed by atoms with van der Waals surface area (Å²) in [5, 5.41) is 10.6. The Balaban J connectivity index is 2.48. The van der Waals surface area contributed by atoms with Crippen molar-refractivity contribution in [2.24, 2.45) is 0 Å². The first kappa shape index (κ1) is 15.5. The molecule has 0 saturated carbocycles. The van der Waals surface area contributed by atoms with Crippen LogP contribution in [0.15, 0.2) is 24.3 Å². The summed E-state index contributed by atoms with van der Waals surface area (Å²) < 4.78 is 40.6. The van der Waals surface area contributed by atoms with Crippen LogP contribution in [-0.4, -0.2) is 11.1 Å². The van der Waals surface area contributed by atoms with Gasteiger partial charge in [0.2, 0.25) is 0 Å². The number of hydrogen-bond donors (Lipinski definition) is 2. The molecule has 0 atom stereocenters. The maximum atomic E-state index is 13.8. The molecule has 0 radical (unpaired) electrons. The molecule has 110 valence electrons. The third-order valence-corrected chi connectivity index (χ3v) is 3.14. The molecule has 0 unspecified atom stereocenters. The normalized spacial score (nSPS) is 10.5. The summed E-state index contributed by atoms with van der Waals surface area (Å²) in [6, 6.07) is 3.10. The van der Waals surface area contributed by atoms with Gasteiger partial charge in [0.25, 0.3) is 0 Å². The Kier molecular flexibility index (Phi) is 4.29. The number of hydrogen-bond acceptors (Lipinski definition) is 2. The molecular formula is C13H6Cl2F3NO2. The lowest BCUT2D eigenvalue weighted by atomic mass is 10.1. The van der Waals surface area contributed by atoms with Crippen molar-refractivity contribution in [1.82, 2.24) is 0 Å². The number of nitrogens with one attached hydrogen (secondary N) is 1. The molecule has 21 heavy (non-hydrogen) atoms. The van der Waals surface area contributed by atoms with E-state index in [1.54, 1.807) is 0 Å². The zero-order valence-corrected chi connectivity index (χ0v) is 11.6. The number of carboxylic acids is 1. The quantitative estimate of drug-likeness (QED) is 0.842. The second-order valence-electron chi connectivity index (χ2n) is 3.99. The summed E-state index contributed by atoms with van der Waals surface area (Å²) in [5.74, 6) is -4.48. The molecule has 0 spiro atoms. The van der Waals surface area contributed by atoms with Gasteiger partial charge in [-0.05, 0) is 24.3 Å². The average molecular weight is 336 g/mol. The van der Waals surface area contributed by atoms with Crippen molar-refractivity contribution in [2.45, 2.75) is 0 Å². The molecule has 2 aromatic rings. The first-order chi connectivity index (χ1) is 9.79. The summed E-state index contributed by atoms with van der Waals surface area (Å²) in [6.45, 7) is 0. The van der Waals surface area contributed by atoms with Gasteiger partial charge in [0.15, 0.2) is 11.6 Å². The summed E-state index contributed by atoms with van der Waals surface area (Å²) in [7, 11) is 0. The van der Waals surface area contributed by atoms with E-state index in [2.05, 4.69) is 5.32 Å². The number of halogens is 5. The third kappa shape index (κ3) is 3.22. The predicted octanol–water partition coefficient (Wildman–Crippen LogP) is 4.85. The molecule has 0 aliphatic carbocycles. The van der Waals surface area contributed by atoms with Gasteiger partial charge >= 0.3 is 5.97 Å². The van der Waals surface area contributed by atoms with Crippen molar-refractivity contribution in [1.29, 1.82) is 0 Å². The van der Waals surface area contributed by atoms with E-state index >= 15 is 0 Å². The lowest BCUT2D eigenvalue weighted by Gasteiger charge is -2.12. The minimum Gasteiger partial charge on any atom is -0.478 e. The molecule has 0 saturated heterocycles. The Morgan fingerprint density at radius 3 is 1.86 bits per heavy atom. The van der Waals surface area contributed by atoms with Gasteiger partial charge in [0, 0.05) is 0 Å². The number of rotatable bonds is 3. The molecule has 0 aliphatic rings. The Morgan fingerprint density at radius 2 is 1.43 bits per heavy atom. The van der Waals surface area contributed by atoms with Crippen LogP contribution in [0.25, 0.3) is 0 Å². The van der Waals surface area contributed by atoms with Crippen LogP contribution in [0.4, 0.5) is 24.5 Å². The molecule has 3 nitrogen and oxygen atoms in total. The number of benzene rings is 2. The van der Waals surface area contributed by atoms with E-state index in [4.69, 9.17) is 28.3 Å². The lowest BCUT2D eigenvalue weighted by Crippen LogP contribution is -2.04. The third-order valence-electron chi connectivity index (χ3n) is 2.55. The fourth-order valence-corrected chi connectivity index (χ4v) is 2.16. The molecule has 2 aromatic carbocycles. The summed E-state index contributed by atoms with van der Waals surface area (Å²) in [6.07, 6.45) is 0. The number of carbonyl (C=O) groups is 1. The van der Waals surface area contributed by atoms with Crippen molar-refractivity contribution < 1.29 is 23.1 Å². The Hall–Kier alpha value is -1.92. The second kappa shape index (κ2) is 5.83. The Bertz CT molecular complexity index is 691. The van der Waals surface area contributed by atoms with E-state index in [0.29, 0.717) is 12.1 Å². The predicted molar refractivity (Wildman–Crippen MR) is 73.0 cm³/mol. The van der Waals surface area contributed by atoms with Crippen LogP contribution < -0.4 is 5.32 Å². The largest absolute Gasteiger partial charge is 0.478 e. The van der Waals surface area contributed by atoms with Gasteiger partial charge in [0.05, 0.1) is 21.3 Å². The van der Waals surface area contributed by atoms with Crippen molar-refractivity contribution >= 4 is 40.5 Å². The fourth-order valence-electron chi connectivity index (χ4n) is 1.60. The van der Waals surface area contributed by atoms with Crippen molar-refractivity contribution in [3.05, 3.63) is 57.3 Å². The molecular weight excluding hydrogens is 330 g/mol. The molecule has 8 heteroatoms. The maximum absolute atomic E-state index is 13.8. The van der Waals surface area contributed by atoms with Crippen LogP contribution in [0.1, 0.15) is 10.4 Å². The highest BCUT2D eigenvalue weighted by Crippen LogP contribution is 2.35. The molecule has 0 fully saturated rings. The van der Waals surface area contributed by atoms with Crippen molar-refractivity contribution in [2.75, 3.05) is 5.32 Å². The van der Waals surface area contributed by atoms with Gasteiger partial charge in [-0.25, -0.2) is 18.0 Å². The van der Waals surface area contributed by atoms with Crippen LogP contribution in [0.5, 0.6) is 0 Å². The SMILES string of the molecule is O=C(O)c1cc(F)c(Nc2c(Cl)cc(F)cc2Cl)c(F)c1. The monoisotopic (exact) mass is 335 g/mol. The highest BCUT2D eigenvalue weighted by atomic mass is 35.5. The van der Waals surface area contributed by atoms with Crippen LogP contribution in [0.3, 0.4) is 0 Å². The van der Waals surface area contributed by atoms with Crippen molar-refractivity contribution in [3.8, 4) is 0 Å². The topological polar surface area (TPSA) is 49.3 Å². The molecule has 0 amide bonds. The van der Waals surface area contributed by atoms with Gasteiger partial charge in [-0.1, -0.05) is 23.2 Å². The first-order valence-corrected chi connectivity index (χ1v) is 6.19. The van der Waals surface area contributed by atoms with Gasteiger partial charge in [-0.3, -0.25) is 0 Å². The van der Waals surface area contributed by atoms with E-state index in [0.717, 1.165) is 12.1 Å². The second-order valence-corrected chi connectivity index (χ2v) is 4.80. The highest BCUT2D eigenvalue weighted by molar-refractivity contribution is 6.39. The van der Waals surface area contributed by atoms with E-state index < -0.39 is 34.7 Å². The standard InChI is InChI=1S/C13H6Cl2F3NO2/c14-7-3-6(16)4-8(15)11(7)19-12-9(17)1-5(13(20)21)2-10(12)18/h1-4,19H,(H,20,21). The molecule has 0 aromatic heterocycles. The number of aromatic carboxylic acids is 1. The zero-order chi connectivity index (χ0) is 15.7. The summed E-state index contributed by atoms with van der Waals surface area (Å²) in [5.41, 5.74) is -1.29. The van der Waals surface area contributed by atoms with E-state index in [1.165, 1.54) is 0 Å². The van der Waals surface area contributed by atoms with E-state index in [9.17, 15) is 18.0 Å². The van der Waals surface area contributed by atoms with Gasteiger partial charge in [-0.2, -0.15) is 0 Å². The molecule has 0 aliphatic heterocycles. The minimum absolute atomic E-state index is 0.0967. The zero-order valence-electron chi connectivity index (χ0n) is 10.1. The molecule has 2 N–H and O–H groups in total. The van der Waals surface area contributed by atoms with Gasteiger partial charge in [-0.15, -0.1) is 0 Å². The Morgan fingerprint density at radius 1 is 0.952 bits per heavy atom. The van der Waals surface area contributed by atoms with Gasteiger partial charge in [0.1, 0.15) is 11.5 Å². The smallest absolute Gasteiger partial charge is 0.335 e. The maximum Gasteiger partial charge on any atom is 0.335 e. The number of anilines is 2. The molecule has 2 rings (SSSR count). The first-order valence-electron chi connectivity index (χ1n) is 5.43. The summed E-state index contributed by atoms with van der Waals surface area (Å²) >= 11 is 11.5. The molecule has 0 heterocycles. The van der Waals surface area contributed by atoms with Crippen LogP contribution in [-0.2, 0) is 0 Å². The van der Waals surface area contributed by atoms with Crippen LogP contribution in [0, 0.1) is 17.5 Å². The Labute approximate surface area is 126 Å². The average Bonchev–Trinajstić information content (AvgIpc) is 2.35. The minimum atomic E-state index is -1.47. The highest BCUT2D eigenvalue weighted by Gasteiger charge is 2.17. The van der Waals surface area contributed by atoms with E-state index in [1.807, 2.05) is 0 Å². The molecule has 0 bridgehead atoms. The van der Waals surface area contributed by atoms with E-state index in [-0.39, 0.29) is 15.7 Å². The number of carboxylic acid groups (broad SMARTS) is 1. The van der Waals surface area contributed by atoms with Gasteiger partial charge < -0.3 is 10.4 Å². The summed E-state index contributed by atoms with van der Waals surface area (Å²) in [4.78, 5) is 10.7.